The van der Waals surface area contributed by atoms with Crippen molar-refractivity contribution in [3.63, 3.8) is 0 Å². The van der Waals surface area contributed by atoms with Gasteiger partial charge in [0.2, 0.25) is 0 Å². The summed E-state index contributed by atoms with van der Waals surface area (Å²) in [5.41, 5.74) is 2.64. The Morgan fingerprint density at radius 2 is 1.64 bits per heavy atom. The maximum absolute atomic E-state index is 12.1. The van der Waals surface area contributed by atoms with E-state index in [4.69, 9.17) is 4.74 Å². The maximum atomic E-state index is 12.1. The van der Waals surface area contributed by atoms with Gasteiger partial charge in [-0.15, -0.1) is 0 Å². The van der Waals surface area contributed by atoms with E-state index in [1.807, 2.05) is 48.5 Å². The van der Waals surface area contributed by atoms with Gasteiger partial charge in [0.05, 0.1) is 18.6 Å². The van der Waals surface area contributed by atoms with Crippen LogP contribution in [0.4, 0.5) is 10.5 Å². The van der Waals surface area contributed by atoms with Crippen LogP contribution in [0.3, 0.4) is 0 Å². The SMILES string of the molecule is COc1ccc(CNC(=O)Nc2ccc(C3(C)CCS(=O)(=O)CC3)cc2)cc1. The fraction of sp³-hybridized carbons (Fsp3) is 0.381. The highest BCUT2D eigenvalue weighted by Gasteiger charge is 2.34. The van der Waals surface area contributed by atoms with Crippen LogP contribution in [0, 0.1) is 0 Å². The van der Waals surface area contributed by atoms with Gasteiger partial charge in [0.15, 0.2) is 0 Å². The number of amides is 2. The standard InChI is InChI=1S/C21H26N2O4S/c1-21(11-13-28(25,26)14-12-21)17-5-7-18(8-6-17)23-20(24)22-15-16-3-9-19(27-2)10-4-16/h3-10H,11-15H2,1-2H3,(H2,22,23,24). The van der Waals surface area contributed by atoms with E-state index >= 15 is 0 Å². The molecule has 0 bridgehead atoms. The number of sulfone groups is 1. The molecule has 150 valence electrons. The first-order valence-corrected chi connectivity index (χ1v) is 11.1. The zero-order valence-corrected chi connectivity index (χ0v) is 17.0. The number of anilines is 1. The number of ether oxygens (including phenoxy) is 1. The van der Waals surface area contributed by atoms with E-state index in [1.165, 1.54) is 0 Å². The van der Waals surface area contributed by atoms with Gasteiger partial charge < -0.3 is 15.4 Å². The number of urea groups is 1. The largest absolute Gasteiger partial charge is 0.497 e. The number of nitrogens with one attached hydrogen (secondary N) is 2. The lowest BCUT2D eigenvalue weighted by molar-refractivity contribution is 0.251. The molecule has 6 nitrogen and oxygen atoms in total. The Morgan fingerprint density at radius 3 is 2.21 bits per heavy atom. The fourth-order valence-electron chi connectivity index (χ4n) is 3.33. The molecular formula is C21H26N2O4S. The highest BCUT2D eigenvalue weighted by atomic mass is 32.2. The molecule has 2 N–H and O–H groups in total. The molecule has 0 unspecified atom stereocenters. The maximum Gasteiger partial charge on any atom is 0.319 e. The third-order valence-corrected chi connectivity index (χ3v) is 7.03. The van der Waals surface area contributed by atoms with Gasteiger partial charge in [0.25, 0.3) is 0 Å². The summed E-state index contributed by atoms with van der Waals surface area (Å²) in [6.45, 7) is 2.52. The molecule has 0 saturated carbocycles. The molecule has 2 aromatic carbocycles. The average molecular weight is 403 g/mol. The quantitative estimate of drug-likeness (QED) is 0.802. The summed E-state index contributed by atoms with van der Waals surface area (Å²) in [4.78, 5) is 12.1. The minimum absolute atomic E-state index is 0.138. The van der Waals surface area contributed by atoms with Crippen LogP contribution in [0.1, 0.15) is 30.9 Å². The molecule has 7 heteroatoms. The Labute approximate surface area is 166 Å². The van der Waals surface area contributed by atoms with Gasteiger partial charge in [-0.25, -0.2) is 13.2 Å². The summed E-state index contributed by atoms with van der Waals surface area (Å²) in [5.74, 6) is 1.24. The van der Waals surface area contributed by atoms with E-state index in [2.05, 4.69) is 17.6 Å². The van der Waals surface area contributed by atoms with Gasteiger partial charge in [0.1, 0.15) is 15.6 Å². The number of methoxy groups -OCH3 is 1. The van der Waals surface area contributed by atoms with Crippen LogP contribution in [0.15, 0.2) is 48.5 Å². The van der Waals surface area contributed by atoms with E-state index in [9.17, 15) is 13.2 Å². The Kier molecular flexibility index (Phi) is 5.93. The fourth-order valence-corrected chi connectivity index (χ4v) is 5.06. The predicted molar refractivity (Wildman–Crippen MR) is 111 cm³/mol. The highest BCUT2D eigenvalue weighted by molar-refractivity contribution is 7.91. The zero-order valence-electron chi connectivity index (χ0n) is 16.2. The molecule has 1 fully saturated rings. The number of benzene rings is 2. The van der Waals surface area contributed by atoms with Crippen molar-refractivity contribution in [1.82, 2.24) is 5.32 Å². The number of carbonyl (C=O) groups is 1. The summed E-state index contributed by atoms with van der Waals surface area (Å²) >= 11 is 0. The second-order valence-corrected chi connectivity index (χ2v) is 9.75. The molecule has 1 aliphatic heterocycles. The second-order valence-electron chi connectivity index (χ2n) is 7.45. The van der Waals surface area contributed by atoms with Crippen molar-refractivity contribution < 1.29 is 17.9 Å². The Bertz CT molecular complexity index is 908. The molecule has 2 amide bonds. The van der Waals surface area contributed by atoms with Crippen molar-refractivity contribution in [1.29, 1.82) is 0 Å². The third kappa shape index (κ3) is 5.04. The third-order valence-electron chi connectivity index (χ3n) is 5.38. The lowest BCUT2D eigenvalue weighted by atomic mass is 9.77. The summed E-state index contributed by atoms with van der Waals surface area (Å²) in [5, 5.41) is 5.64. The van der Waals surface area contributed by atoms with Crippen molar-refractivity contribution in [2.24, 2.45) is 0 Å². The van der Waals surface area contributed by atoms with Crippen LogP contribution >= 0.6 is 0 Å². The minimum atomic E-state index is -2.89. The Morgan fingerprint density at radius 1 is 1.04 bits per heavy atom. The molecule has 0 aromatic heterocycles. The van der Waals surface area contributed by atoms with Crippen LogP contribution < -0.4 is 15.4 Å². The molecule has 3 rings (SSSR count). The van der Waals surface area contributed by atoms with Gasteiger partial charge in [0, 0.05) is 12.2 Å². The highest BCUT2D eigenvalue weighted by Crippen LogP contribution is 2.36. The second kappa shape index (κ2) is 8.22. The number of hydrogen-bond donors (Lipinski definition) is 2. The summed E-state index contributed by atoms with van der Waals surface area (Å²) in [6, 6.07) is 14.9. The van der Waals surface area contributed by atoms with Crippen molar-refractivity contribution >= 4 is 21.6 Å². The predicted octanol–water partition coefficient (Wildman–Crippen LogP) is 3.48. The number of hydrogen-bond acceptors (Lipinski definition) is 4. The Hall–Kier alpha value is -2.54. The molecule has 2 aromatic rings. The van der Waals surface area contributed by atoms with Crippen LogP contribution in [0.5, 0.6) is 5.75 Å². The van der Waals surface area contributed by atoms with Crippen LogP contribution in [-0.2, 0) is 21.8 Å². The van der Waals surface area contributed by atoms with E-state index in [0.29, 0.717) is 25.1 Å². The first-order valence-electron chi connectivity index (χ1n) is 9.28. The van der Waals surface area contributed by atoms with E-state index in [1.54, 1.807) is 7.11 Å². The lowest BCUT2D eigenvalue weighted by Gasteiger charge is -2.34. The molecule has 1 aliphatic rings. The van der Waals surface area contributed by atoms with Gasteiger partial charge >= 0.3 is 6.03 Å². The summed E-state index contributed by atoms with van der Waals surface area (Å²) in [6.07, 6.45) is 1.26. The van der Waals surface area contributed by atoms with Crippen molar-refractivity contribution in [3.8, 4) is 5.75 Å². The molecule has 0 radical (unpaired) electrons. The van der Waals surface area contributed by atoms with E-state index in [-0.39, 0.29) is 23.0 Å². The summed E-state index contributed by atoms with van der Waals surface area (Å²) in [7, 11) is -1.28. The van der Waals surface area contributed by atoms with Crippen molar-refractivity contribution in [2.75, 3.05) is 23.9 Å². The Balaban J connectivity index is 1.54. The first-order chi connectivity index (χ1) is 13.3. The molecule has 0 spiro atoms. The van der Waals surface area contributed by atoms with E-state index < -0.39 is 9.84 Å². The van der Waals surface area contributed by atoms with Gasteiger partial charge in [-0.3, -0.25) is 0 Å². The average Bonchev–Trinajstić information content (AvgIpc) is 2.70. The van der Waals surface area contributed by atoms with Crippen molar-refractivity contribution in [2.45, 2.75) is 31.7 Å². The van der Waals surface area contributed by atoms with Gasteiger partial charge in [-0.2, -0.15) is 0 Å². The zero-order chi connectivity index (χ0) is 20.2. The summed E-state index contributed by atoms with van der Waals surface area (Å²) < 4.78 is 28.5. The topological polar surface area (TPSA) is 84.5 Å². The smallest absolute Gasteiger partial charge is 0.319 e. The van der Waals surface area contributed by atoms with Crippen LogP contribution in [-0.4, -0.2) is 33.1 Å². The number of rotatable bonds is 5. The van der Waals surface area contributed by atoms with Gasteiger partial charge in [-0.1, -0.05) is 31.2 Å². The minimum Gasteiger partial charge on any atom is -0.497 e. The first kappa shape index (κ1) is 20.2. The van der Waals surface area contributed by atoms with Crippen molar-refractivity contribution in [3.05, 3.63) is 59.7 Å². The lowest BCUT2D eigenvalue weighted by Crippen LogP contribution is -2.34. The number of carbonyl (C=O) groups excluding carboxylic acids is 1. The van der Waals surface area contributed by atoms with Crippen LogP contribution in [0.2, 0.25) is 0 Å². The van der Waals surface area contributed by atoms with E-state index in [0.717, 1.165) is 16.9 Å². The molecule has 1 saturated heterocycles. The van der Waals surface area contributed by atoms with Gasteiger partial charge in [-0.05, 0) is 53.6 Å². The molecule has 28 heavy (non-hydrogen) atoms. The molecule has 0 atom stereocenters. The van der Waals surface area contributed by atoms with Crippen LogP contribution in [0.25, 0.3) is 0 Å². The molecular weight excluding hydrogens is 376 g/mol. The molecule has 0 aliphatic carbocycles. The molecule has 1 heterocycles. The normalized spacial score (nSPS) is 17.5. The monoisotopic (exact) mass is 402 g/mol.